The number of fused-ring (bicyclic) bond motifs is 3. The van der Waals surface area contributed by atoms with E-state index in [1.54, 1.807) is 16.2 Å². The zero-order chi connectivity index (χ0) is 21.1. The van der Waals surface area contributed by atoms with Gasteiger partial charge in [-0.25, -0.2) is 20.2 Å². The van der Waals surface area contributed by atoms with E-state index >= 15 is 0 Å². The van der Waals surface area contributed by atoms with Gasteiger partial charge in [0.1, 0.15) is 23.9 Å². The molecule has 10 heteroatoms. The molecule has 0 bridgehead atoms. The van der Waals surface area contributed by atoms with Crippen molar-refractivity contribution in [3.8, 4) is 5.88 Å². The number of carbonyl (C=O) groups excluding carboxylic acids is 1. The van der Waals surface area contributed by atoms with E-state index in [9.17, 15) is 9.18 Å². The van der Waals surface area contributed by atoms with Crippen LogP contribution in [0.3, 0.4) is 0 Å². The van der Waals surface area contributed by atoms with Crippen molar-refractivity contribution in [3.05, 3.63) is 16.8 Å². The molecule has 2 aromatic rings. The van der Waals surface area contributed by atoms with Crippen molar-refractivity contribution >= 4 is 33.8 Å². The minimum atomic E-state index is -0.447. The second kappa shape index (κ2) is 9.22. The molecule has 2 aliphatic rings. The number of rotatable bonds is 8. The maximum Gasteiger partial charge on any atom is 0.234 e. The van der Waals surface area contributed by atoms with Crippen molar-refractivity contribution in [2.75, 3.05) is 13.2 Å². The van der Waals surface area contributed by atoms with Crippen LogP contribution in [0.15, 0.2) is 6.33 Å². The molecule has 1 saturated carbocycles. The Bertz CT molecular complexity index is 914. The van der Waals surface area contributed by atoms with Crippen LogP contribution >= 0.6 is 11.3 Å². The van der Waals surface area contributed by atoms with Crippen LogP contribution in [-0.4, -0.2) is 52.5 Å². The van der Waals surface area contributed by atoms with E-state index in [1.807, 2.05) is 0 Å². The molecule has 0 radical (unpaired) electrons. The van der Waals surface area contributed by atoms with E-state index in [2.05, 4.69) is 15.4 Å². The van der Waals surface area contributed by atoms with Gasteiger partial charge in [-0.15, -0.1) is 11.3 Å². The Morgan fingerprint density at radius 3 is 2.87 bits per heavy atom. The fourth-order valence-corrected chi connectivity index (χ4v) is 5.95. The largest absolute Gasteiger partial charge is 0.474 e. The van der Waals surface area contributed by atoms with Gasteiger partial charge in [0, 0.05) is 23.9 Å². The minimum absolute atomic E-state index is 0.0278. The highest BCUT2D eigenvalue weighted by atomic mass is 32.1. The first-order valence-electron chi connectivity index (χ1n) is 10.4. The summed E-state index contributed by atoms with van der Waals surface area (Å²) >= 11 is 1.65. The maximum absolute atomic E-state index is 12.7. The van der Waals surface area contributed by atoms with Crippen molar-refractivity contribution in [1.29, 1.82) is 5.41 Å². The number of amides is 1. The van der Waals surface area contributed by atoms with E-state index < -0.39 is 6.67 Å². The Morgan fingerprint density at radius 1 is 1.37 bits per heavy atom. The monoisotopic (exact) mass is 434 g/mol. The molecular formula is C20H27FN6O2S. The first-order valence-corrected chi connectivity index (χ1v) is 11.2. The van der Waals surface area contributed by atoms with Gasteiger partial charge < -0.3 is 9.64 Å². The molecule has 4 N–H and O–H groups in total. The predicted octanol–water partition coefficient (Wildman–Crippen LogP) is 2.67. The molecule has 0 aliphatic heterocycles. The minimum Gasteiger partial charge on any atom is -0.474 e. The molecular weight excluding hydrogens is 407 g/mol. The Balaban J connectivity index is 1.51. The summed E-state index contributed by atoms with van der Waals surface area (Å²) in [5, 5.41) is 8.44. The van der Waals surface area contributed by atoms with Crippen molar-refractivity contribution in [3.63, 3.8) is 0 Å². The number of hydrogen-bond acceptors (Lipinski definition) is 7. The van der Waals surface area contributed by atoms with E-state index in [0.717, 1.165) is 54.3 Å². The van der Waals surface area contributed by atoms with Crippen molar-refractivity contribution in [1.82, 2.24) is 20.3 Å². The fourth-order valence-electron chi connectivity index (χ4n) is 4.72. The van der Waals surface area contributed by atoms with E-state index in [0.29, 0.717) is 12.3 Å². The van der Waals surface area contributed by atoms with Gasteiger partial charge in [-0.1, -0.05) is 0 Å². The molecule has 8 nitrogen and oxygen atoms in total. The highest BCUT2D eigenvalue weighted by Crippen LogP contribution is 2.47. The summed E-state index contributed by atoms with van der Waals surface area (Å²) in [6, 6.07) is 0.188. The predicted molar refractivity (Wildman–Crippen MR) is 114 cm³/mol. The first-order chi connectivity index (χ1) is 14.6. The number of nitrogens with two attached hydrogens (primary N) is 1. The van der Waals surface area contributed by atoms with Crippen molar-refractivity contribution < 1.29 is 13.9 Å². The lowest BCUT2D eigenvalue weighted by atomic mass is 9.92. The number of aromatic nitrogens is 2. The van der Waals surface area contributed by atoms with Gasteiger partial charge in [0.15, 0.2) is 0 Å². The molecule has 4 rings (SSSR count). The molecule has 1 atom stereocenters. The van der Waals surface area contributed by atoms with Crippen molar-refractivity contribution in [2.45, 2.75) is 63.0 Å². The molecule has 30 heavy (non-hydrogen) atoms. The van der Waals surface area contributed by atoms with Crippen LogP contribution in [0.5, 0.6) is 5.88 Å². The van der Waals surface area contributed by atoms with Crippen LogP contribution in [0.4, 0.5) is 4.39 Å². The van der Waals surface area contributed by atoms with Gasteiger partial charge in [0.25, 0.3) is 0 Å². The van der Waals surface area contributed by atoms with Gasteiger partial charge >= 0.3 is 0 Å². The number of halogens is 1. The SMILES string of the molecule is N=CN(CCF)[C@H]1CC[C@H](Oc2ncnc3sc4c(c23)[C@@H](CC(=O)NN)CC4)CC1. The highest BCUT2D eigenvalue weighted by Gasteiger charge is 2.32. The Labute approximate surface area is 178 Å². The molecule has 2 aliphatic carbocycles. The van der Waals surface area contributed by atoms with Gasteiger partial charge in [0.05, 0.1) is 11.7 Å². The lowest BCUT2D eigenvalue weighted by molar-refractivity contribution is -0.121. The number of ether oxygens (including phenoxy) is 1. The molecule has 1 fully saturated rings. The maximum atomic E-state index is 12.7. The second-order valence-electron chi connectivity index (χ2n) is 7.91. The summed E-state index contributed by atoms with van der Waals surface area (Å²) < 4.78 is 19.0. The van der Waals surface area contributed by atoms with E-state index in [-0.39, 0.29) is 30.5 Å². The van der Waals surface area contributed by atoms with Gasteiger partial charge in [-0.05, 0) is 50.0 Å². The molecule has 0 saturated heterocycles. The topological polar surface area (TPSA) is 117 Å². The molecule has 0 unspecified atom stereocenters. The Hall–Kier alpha value is -2.33. The number of alkyl halides is 1. The molecule has 2 heterocycles. The van der Waals surface area contributed by atoms with Crippen LogP contribution in [0.2, 0.25) is 0 Å². The third-order valence-corrected chi connectivity index (χ3v) is 7.36. The number of hydrazine groups is 1. The highest BCUT2D eigenvalue weighted by molar-refractivity contribution is 7.19. The lowest BCUT2D eigenvalue weighted by Gasteiger charge is -2.35. The van der Waals surface area contributed by atoms with Gasteiger partial charge in [0.2, 0.25) is 11.8 Å². The number of thiophene rings is 1. The quantitative estimate of drug-likeness (QED) is 0.193. The van der Waals surface area contributed by atoms with Crippen LogP contribution in [0.25, 0.3) is 10.2 Å². The number of hydrogen-bond donors (Lipinski definition) is 3. The zero-order valence-electron chi connectivity index (χ0n) is 16.8. The van der Waals surface area contributed by atoms with E-state index in [1.165, 1.54) is 17.5 Å². The van der Waals surface area contributed by atoms with Crippen LogP contribution in [-0.2, 0) is 11.2 Å². The average molecular weight is 435 g/mol. The summed E-state index contributed by atoms with van der Waals surface area (Å²) in [7, 11) is 0. The summed E-state index contributed by atoms with van der Waals surface area (Å²) in [5.41, 5.74) is 3.37. The van der Waals surface area contributed by atoms with Crippen LogP contribution in [0, 0.1) is 5.41 Å². The average Bonchev–Trinajstić information content (AvgIpc) is 3.32. The summed E-state index contributed by atoms with van der Waals surface area (Å²) in [5.74, 6) is 5.81. The summed E-state index contributed by atoms with van der Waals surface area (Å²) in [4.78, 5) is 24.7. The Kier molecular flexibility index (Phi) is 6.43. The molecule has 2 aromatic heterocycles. The molecule has 0 aromatic carbocycles. The lowest BCUT2D eigenvalue weighted by Crippen LogP contribution is -2.40. The van der Waals surface area contributed by atoms with Crippen molar-refractivity contribution in [2.24, 2.45) is 5.84 Å². The van der Waals surface area contributed by atoms with Crippen LogP contribution < -0.4 is 16.0 Å². The number of nitrogens with zero attached hydrogens (tertiary/aromatic N) is 3. The Morgan fingerprint density at radius 2 is 2.17 bits per heavy atom. The summed E-state index contributed by atoms with van der Waals surface area (Å²) in [6.07, 6.45) is 8.37. The first kappa shape index (κ1) is 20.9. The number of carbonyl (C=O) groups is 1. The molecule has 162 valence electrons. The van der Waals surface area contributed by atoms with E-state index in [4.69, 9.17) is 16.0 Å². The fraction of sp³-hybridized carbons (Fsp3) is 0.600. The number of nitrogens with one attached hydrogen (secondary N) is 2. The second-order valence-corrected chi connectivity index (χ2v) is 8.99. The van der Waals surface area contributed by atoms with Gasteiger partial charge in [-0.3, -0.25) is 15.6 Å². The summed E-state index contributed by atoms with van der Waals surface area (Å²) in [6.45, 7) is -0.178. The molecule has 0 spiro atoms. The molecule has 1 amide bonds. The zero-order valence-corrected chi connectivity index (χ0v) is 17.6. The smallest absolute Gasteiger partial charge is 0.234 e. The normalized spacial score (nSPS) is 23.2. The third-order valence-electron chi connectivity index (χ3n) is 6.19. The number of aryl methyl sites for hydroxylation is 1. The third kappa shape index (κ3) is 4.11. The van der Waals surface area contributed by atoms with Crippen LogP contribution in [0.1, 0.15) is 54.9 Å². The standard InChI is InChI=1S/C20H27FN6O2S/c21-7-8-27(10-22)13-2-4-14(5-3-13)29-19-18-17-12(9-16(28)26-23)1-6-15(17)30-20(18)25-11-24-19/h10-14,22H,1-9,23H2,(H,26,28)/t12-,13-,14-/m1/s1. The van der Waals surface area contributed by atoms with Gasteiger partial charge in [-0.2, -0.15) is 0 Å².